The fourth-order valence-electron chi connectivity index (χ4n) is 3.60. The van der Waals surface area contributed by atoms with E-state index in [9.17, 15) is 14.9 Å². The maximum absolute atomic E-state index is 12.6. The number of carbonyl (C=O) groups excluding carboxylic acids is 1. The molecule has 0 saturated heterocycles. The Labute approximate surface area is 142 Å². The summed E-state index contributed by atoms with van der Waals surface area (Å²) in [4.78, 5) is 25.5. The summed E-state index contributed by atoms with van der Waals surface area (Å²) < 4.78 is 0. The van der Waals surface area contributed by atoms with E-state index < -0.39 is 0 Å². The van der Waals surface area contributed by atoms with Gasteiger partial charge in [0, 0.05) is 45.0 Å². The first-order valence-electron chi connectivity index (χ1n) is 7.70. The first kappa shape index (κ1) is 15.0. The maximum atomic E-state index is 12.6. The van der Waals surface area contributed by atoms with Gasteiger partial charge in [0.1, 0.15) is 0 Å². The average molecular weight is 348 g/mol. The van der Waals surface area contributed by atoms with Gasteiger partial charge in [0.2, 0.25) is 0 Å². The summed E-state index contributed by atoms with van der Waals surface area (Å²) in [7, 11) is 0. The number of Topliss-reactive ketones (excluding diaryl/α,β-unsaturated/α-hetero) is 1. The standard InChI is InChI=1S/C16H16N2O3S2/c1-8-7-12(18(20)21)23-15(8)14-13-9(3-2-4-11(13)19)17-10-5-6-22-16(10)14/h7,14,17H,2-6H2,1H3. The van der Waals surface area contributed by atoms with Crippen LogP contribution in [0.4, 0.5) is 5.00 Å². The van der Waals surface area contributed by atoms with Crippen molar-refractivity contribution in [3.8, 4) is 0 Å². The highest BCUT2D eigenvalue weighted by atomic mass is 32.2. The van der Waals surface area contributed by atoms with Crippen molar-refractivity contribution in [3.63, 3.8) is 0 Å². The van der Waals surface area contributed by atoms with E-state index in [1.165, 1.54) is 21.9 Å². The number of hydrogen-bond acceptors (Lipinski definition) is 6. The van der Waals surface area contributed by atoms with Crippen LogP contribution in [0.1, 0.15) is 42.0 Å². The molecule has 120 valence electrons. The van der Waals surface area contributed by atoms with Crippen molar-refractivity contribution in [1.29, 1.82) is 0 Å². The predicted octanol–water partition coefficient (Wildman–Crippen LogP) is 4.01. The molecule has 1 unspecified atom stereocenters. The molecule has 3 heterocycles. The molecule has 1 aromatic heterocycles. The van der Waals surface area contributed by atoms with Crippen LogP contribution < -0.4 is 5.32 Å². The van der Waals surface area contributed by atoms with E-state index in [2.05, 4.69) is 5.32 Å². The molecule has 1 N–H and O–H groups in total. The molecule has 0 radical (unpaired) electrons. The molecule has 5 nitrogen and oxygen atoms in total. The lowest BCUT2D eigenvalue weighted by Gasteiger charge is -2.32. The van der Waals surface area contributed by atoms with Crippen molar-refractivity contribution in [2.45, 2.75) is 38.5 Å². The van der Waals surface area contributed by atoms with E-state index in [0.717, 1.165) is 46.7 Å². The van der Waals surface area contributed by atoms with E-state index >= 15 is 0 Å². The molecular formula is C16H16N2O3S2. The Morgan fingerprint density at radius 1 is 1.30 bits per heavy atom. The first-order chi connectivity index (χ1) is 11.1. The van der Waals surface area contributed by atoms with Gasteiger partial charge >= 0.3 is 5.00 Å². The molecular weight excluding hydrogens is 332 g/mol. The third-order valence-corrected chi connectivity index (χ3v) is 7.06. The summed E-state index contributed by atoms with van der Waals surface area (Å²) in [5.41, 5.74) is 4.02. The average Bonchev–Trinajstić information content (AvgIpc) is 3.11. The molecule has 0 fully saturated rings. The quantitative estimate of drug-likeness (QED) is 0.646. The van der Waals surface area contributed by atoms with Gasteiger partial charge in [0.25, 0.3) is 0 Å². The van der Waals surface area contributed by atoms with Crippen molar-refractivity contribution in [2.24, 2.45) is 0 Å². The van der Waals surface area contributed by atoms with Crippen molar-refractivity contribution in [1.82, 2.24) is 5.32 Å². The van der Waals surface area contributed by atoms with Gasteiger partial charge in [-0.05, 0) is 31.7 Å². The zero-order valence-corrected chi connectivity index (χ0v) is 14.3. The number of aryl methyl sites for hydroxylation is 1. The molecule has 0 bridgehead atoms. The van der Waals surface area contributed by atoms with E-state index in [0.29, 0.717) is 6.42 Å². The van der Waals surface area contributed by atoms with Gasteiger partial charge < -0.3 is 5.32 Å². The van der Waals surface area contributed by atoms with Gasteiger partial charge in [0.05, 0.1) is 10.8 Å². The molecule has 1 atom stereocenters. The van der Waals surface area contributed by atoms with E-state index in [-0.39, 0.29) is 21.6 Å². The minimum atomic E-state index is -0.336. The Balaban J connectivity index is 1.88. The van der Waals surface area contributed by atoms with Gasteiger partial charge in [-0.2, -0.15) is 0 Å². The van der Waals surface area contributed by atoms with E-state index in [1.807, 2.05) is 6.92 Å². The molecule has 4 rings (SSSR count). The van der Waals surface area contributed by atoms with Gasteiger partial charge in [0.15, 0.2) is 5.78 Å². The predicted molar refractivity (Wildman–Crippen MR) is 91.6 cm³/mol. The summed E-state index contributed by atoms with van der Waals surface area (Å²) in [6.07, 6.45) is 3.34. The lowest BCUT2D eigenvalue weighted by Crippen LogP contribution is -2.30. The van der Waals surface area contributed by atoms with Crippen LogP contribution in [0.3, 0.4) is 0 Å². The van der Waals surface area contributed by atoms with Crippen LogP contribution in [-0.2, 0) is 4.79 Å². The topological polar surface area (TPSA) is 72.2 Å². The minimum absolute atomic E-state index is 0.0970. The van der Waals surface area contributed by atoms with Gasteiger partial charge in [-0.25, -0.2) is 0 Å². The number of nitro groups is 1. The molecule has 0 amide bonds. The molecule has 1 aliphatic carbocycles. The van der Waals surface area contributed by atoms with Gasteiger partial charge in [-0.1, -0.05) is 11.3 Å². The van der Waals surface area contributed by atoms with Crippen LogP contribution in [0.5, 0.6) is 0 Å². The highest BCUT2D eigenvalue weighted by Crippen LogP contribution is 2.52. The SMILES string of the molecule is Cc1cc([N+](=O)[O-])sc1C1C2=C(CCS2)NC2=C1C(=O)CCC2. The van der Waals surface area contributed by atoms with Crippen LogP contribution in [0, 0.1) is 17.0 Å². The number of nitrogens with zero attached hydrogens (tertiary/aromatic N) is 1. The molecule has 2 aliphatic heterocycles. The van der Waals surface area contributed by atoms with Gasteiger partial charge in [-0.15, -0.1) is 11.8 Å². The van der Waals surface area contributed by atoms with Gasteiger partial charge in [-0.3, -0.25) is 14.9 Å². The molecule has 3 aliphatic rings. The van der Waals surface area contributed by atoms with E-state index in [1.54, 1.807) is 17.8 Å². The summed E-state index contributed by atoms with van der Waals surface area (Å²) in [5.74, 6) is 1.11. The van der Waals surface area contributed by atoms with Crippen molar-refractivity contribution in [2.75, 3.05) is 5.75 Å². The second-order valence-electron chi connectivity index (χ2n) is 6.06. The van der Waals surface area contributed by atoms with E-state index in [4.69, 9.17) is 0 Å². The molecule has 23 heavy (non-hydrogen) atoms. The third-order valence-electron chi connectivity index (χ3n) is 4.60. The third kappa shape index (κ3) is 2.33. The Morgan fingerprint density at radius 2 is 2.13 bits per heavy atom. The maximum Gasteiger partial charge on any atom is 0.324 e. The monoisotopic (exact) mass is 348 g/mol. The normalized spacial score (nSPS) is 23.7. The number of thioether (sulfide) groups is 1. The number of nitrogens with one attached hydrogen (secondary N) is 1. The highest BCUT2D eigenvalue weighted by Gasteiger charge is 2.40. The smallest absolute Gasteiger partial charge is 0.324 e. The molecule has 1 aromatic rings. The van der Waals surface area contributed by atoms with Crippen LogP contribution >= 0.6 is 23.1 Å². The highest BCUT2D eigenvalue weighted by molar-refractivity contribution is 8.03. The number of carbonyl (C=O) groups is 1. The molecule has 0 spiro atoms. The van der Waals surface area contributed by atoms with Crippen LogP contribution in [0.25, 0.3) is 0 Å². The fourth-order valence-corrected chi connectivity index (χ4v) is 6.04. The lowest BCUT2D eigenvalue weighted by atomic mass is 9.81. The van der Waals surface area contributed by atoms with Crippen molar-refractivity contribution in [3.05, 3.63) is 48.5 Å². The number of hydrogen-bond donors (Lipinski definition) is 1. The Morgan fingerprint density at radius 3 is 2.87 bits per heavy atom. The van der Waals surface area contributed by atoms with Crippen LogP contribution in [-0.4, -0.2) is 16.5 Å². The second-order valence-corrected chi connectivity index (χ2v) is 8.26. The van der Waals surface area contributed by atoms with Crippen molar-refractivity contribution >= 4 is 33.9 Å². The summed E-state index contributed by atoms with van der Waals surface area (Å²) >= 11 is 3.00. The Hall–Kier alpha value is -1.60. The van der Waals surface area contributed by atoms with Crippen molar-refractivity contribution < 1.29 is 9.72 Å². The summed E-state index contributed by atoms with van der Waals surface area (Å²) in [6.45, 7) is 1.91. The number of rotatable bonds is 2. The molecule has 7 heteroatoms. The Kier molecular flexibility index (Phi) is 3.57. The molecule has 0 aromatic carbocycles. The lowest BCUT2D eigenvalue weighted by molar-refractivity contribution is -0.380. The first-order valence-corrected chi connectivity index (χ1v) is 9.50. The zero-order valence-electron chi connectivity index (χ0n) is 12.7. The Bertz CT molecular complexity index is 791. The van der Waals surface area contributed by atoms with Crippen LogP contribution in [0.2, 0.25) is 0 Å². The number of thiophene rings is 1. The second kappa shape index (κ2) is 5.49. The largest absolute Gasteiger partial charge is 0.361 e. The molecule has 0 saturated carbocycles. The minimum Gasteiger partial charge on any atom is -0.361 e. The summed E-state index contributed by atoms with van der Waals surface area (Å²) in [6, 6.07) is 1.63. The number of allylic oxidation sites excluding steroid dienone is 4. The van der Waals surface area contributed by atoms with Crippen LogP contribution in [0.15, 0.2) is 27.9 Å². The number of ketones is 1. The summed E-state index contributed by atoms with van der Waals surface area (Å²) in [5, 5.41) is 14.8. The fraction of sp³-hybridized carbons (Fsp3) is 0.438. The zero-order chi connectivity index (χ0) is 16.1. The number of dihydropyridines is 1.